The summed E-state index contributed by atoms with van der Waals surface area (Å²) in [7, 11) is 0. The van der Waals surface area contributed by atoms with Crippen molar-refractivity contribution in [3.63, 3.8) is 0 Å². The molecule has 5 nitrogen and oxygen atoms in total. The number of fused-ring (bicyclic) bond motifs is 1. The number of aromatic nitrogens is 1. The molecule has 0 saturated carbocycles. The van der Waals surface area contributed by atoms with Gasteiger partial charge in [-0.2, -0.15) is 0 Å². The lowest BCUT2D eigenvalue weighted by atomic mass is 10.0. The Labute approximate surface area is 175 Å². The first kappa shape index (κ1) is 19.2. The fourth-order valence-electron chi connectivity index (χ4n) is 3.28. The molecule has 0 fully saturated rings. The van der Waals surface area contributed by atoms with Crippen molar-refractivity contribution < 1.29 is 4.79 Å². The van der Waals surface area contributed by atoms with Crippen molar-refractivity contribution in [1.29, 1.82) is 0 Å². The third-order valence-electron chi connectivity index (χ3n) is 4.93. The zero-order chi connectivity index (χ0) is 20.9. The van der Waals surface area contributed by atoms with Gasteiger partial charge in [-0.25, -0.2) is 0 Å². The van der Waals surface area contributed by atoms with Gasteiger partial charge < -0.3 is 16.4 Å². The molecule has 0 aliphatic rings. The number of benzene rings is 3. The molecular formula is C25H22N4O. The standard InChI is InChI=1S/C25H22N4O/c1-17(29-24-13-14-27-16-23(24)26)19-11-9-18(10-12-19)15-28-25(30)22-8-4-6-20-5-2-3-7-21(20)22/h2-14,16H,1,15,26H2,(H,27,29)(H,28,30). The van der Waals surface area contributed by atoms with Gasteiger partial charge in [0, 0.05) is 24.0 Å². The Balaban J connectivity index is 1.40. The highest BCUT2D eigenvalue weighted by atomic mass is 16.1. The number of anilines is 2. The Morgan fingerprint density at radius 2 is 1.73 bits per heavy atom. The third-order valence-corrected chi connectivity index (χ3v) is 4.93. The lowest BCUT2D eigenvalue weighted by Gasteiger charge is -2.12. The van der Waals surface area contributed by atoms with E-state index in [1.165, 1.54) is 0 Å². The van der Waals surface area contributed by atoms with Crippen LogP contribution < -0.4 is 16.4 Å². The SMILES string of the molecule is C=C(Nc1ccncc1N)c1ccc(CNC(=O)c2cccc3ccccc23)cc1. The largest absolute Gasteiger partial charge is 0.396 e. The van der Waals surface area contributed by atoms with Gasteiger partial charge in [-0.1, -0.05) is 67.2 Å². The number of pyridine rings is 1. The van der Waals surface area contributed by atoms with Crippen LogP contribution in [0.5, 0.6) is 0 Å². The number of nitrogens with two attached hydrogens (primary N) is 1. The Morgan fingerprint density at radius 3 is 2.53 bits per heavy atom. The predicted octanol–water partition coefficient (Wildman–Crippen LogP) is 4.83. The molecule has 0 saturated heterocycles. The van der Waals surface area contributed by atoms with Gasteiger partial charge in [-0.3, -0.25) is 9.78 Å². The molecule has 0 unspecified atom stereocenters. The van der Waals surface area contributed by atoms with Crippen LogP contribution in [0.15, 0.2) is 91.8 Å². The molecule has 0 aliphatic carbocycles. The maximum absolute atomic E-state index is 12.7. The highest BCUT2D eigenvalue weighted by molar-refractivity contribution is 6.06. The number of rotatable bonds is 6. The molecule has 4 rings (SSSR count). The number of hydrogen-bond donors (Lipinski definition) is 3. The van der Waals surface area contributed by atoms with Gasteiger partial charge in [-0.15, -0.1) is 0 Å². The first-order valence-electron chi connectivity index (χ1n) is 9.62. The molecule has 0 bridgehead atoms. The van der Waals surface area contributed by atoms with Gasteiger partial charge in [0.2, 0.25) is 0 Å². The Kier molecular flexibility index (Phi) is 5.44. The van der Waals surface area contributed by atoms with Crippen molar-refractivity contribution in [3.05, 3.63) is 108 Å². The van der Waals surface area contributed by atoms with Gasteiger partial charge in [-0.05, 0) is 34.0 Å². The monoisotopic (exact) mass is 394 g/mol. The average molecular weight is 394 g/mol. The summed E-state index contributed by atoms with van der Waals surface area (Å²) >= 11 is 0. The molecule has 30 heavy (non-hydrogen) atoms. The maximum Gasteiger partial charge on any atom is 0.252 e. The van der Waals surface area contributed by atoms with Crippen LogP contribution in [0.3, 0.4) is 0 Å². The van der Waals surface area contributed by atoms with Crippen LogP contribution in [0.1, 0.15) is 21.5 Å². The van der Waals surface area contributed by atoms with Gasteiger partial charge in [0.05, 0.1) is 17.6 Å². The van der Waals surface area contributed by atoms with Gasteiger partial charge in [0.25, 0.3) is 5.91 Å². The molecule has 1 aromatic heterocycles. The van der Waals surface area contributed by atoms with Crippen LogP contribution in [0.4, 0.5) is 11.4 Å². The van der Waals surface area contributed by atoms with Gasteiger partial charge >= 0.3 is 0 Å². The molecule has 4 N–H and O–H groups in total. The minimum atomic E-state index is -0.0879. The molecule has 0 radical (unpaired) electrons. The smallest absolute Gasteiger partial charge is 0.252 e. The summed E-state index contributed by atoms with van der Waals surface area (Å²) in [6.45, 7) is 4.52. The summed E-state index contributed by atoms with van der Waals surface area (Å²) in [6.07, 6.45) is 3.27. The number of carbonyl (C=O) groups is 1. The average Bonchev–Trinajstić information content (AvgIpc) is 2.79. The van der Waals surface area contributed by atoms with Crippen molar-refractivity contribution >= 4 is 33.8 Å². The Bertz CT molecular complexity index is 1210. The second kappa shape index (κ2) is 8.49. The minimum absolute atomic E-state index is 0.0879. The molecule has 4 aromatic rings. The summed E-state index contributed by atoms with van der Waals surface area (Å²) in [5.74, 6) is -0.0879. The van der Waals surface area contributed by atoms with Crippen molar-refractivity contribution in [2.75, 3.05) is 11.1 Å². The molecule has 0 spiro atoms. The van der Waals surface area contributed by atoms with E-state index in [1.54, 1.807) is 18.5 Å². The number of amides is 1. The first-order chi connectivity index (χ1) is 14.6. The molecule has 1 amide bonds. The van der Waals surface area contributed by atoms with E-state index in [0.29, 0.717) is 17.8 Å². The second-order valence-corrected chi connectivity index (χ2v) is 6.97. The first-order valence-corrected chi connectivity index (χ1v) is 9.62. The Hall–Kier alpha value is -4.12. The number of nitrogens with zero attached hydrogens (tertiary/aromatic N) is 1. The van der Waals surface area contributed by atoms with Crippen LogP contribution in [-0.4, -0.2) is 10.9 Å². The van der Waals surface area contributed by atoms with Crippen LogP contribution in [0, 0.1) is 0 Å². The van der Waals surface area contributed by atoms with Crippen LogP contribution >= 0.6 is 0 Å². The van der Waals surface area contributed by atoms with Crippen LogP contribution in [0.2, 0.25) is 0 Å². The number of hydrogen-bond acceptors (Lipinski definition) is 4. The van der Waals surface area contributed by atoms with Crippen LogP contribution in [0.25, 0.3) is 16.5 Å². The highest BCUT2D eigenvalue weighted by Gasteiger charge is 2.09. The topological polar surface area (TPSA) is 80.0 Å². The normalized spacial score (nSPS) is 10.5. The fourth-order valence-corrected chi connectivity index (χ4v) is 3.28. The number of nitrogen functional groups attached to an aromatic ring is 1. The van der Waals surface area contributed by atoms with E-state index in [9.17, 15) is 4.79 Å². The van der Waals surface area contributed by atoms with E-state index in [0.717, 1.165) is 33.3 Å². The zero-order valence-electron chi connectivity index (χ0n) is 16.4. The van der Waals surface area contributed by atoms with E-state index < -0.39 is 0 Å². The quantitative estimate of drug-likeness (QED) is 0.438. The summed E-state index contributed by atoms with van der Waals surface area (Å²) in [6, 6.07) is 23.3. The molecule has 1 heterocycles. The van der Waals surface area contributed by atoms with Gasteiger partial charge in [0.1, 0.15) is 0 Å². The molecule has 3 aromatic carbocycles. The van der Waals surface area contributed by atoms with Crippen molar-refractivity contribution in [2.45, 2.75) is 6.54 Å². The predicted molar refractivity (Wildman–Crippen MR) is 123 cm³/mol. The van der Waals surface area contributed by atoms with Crippen LogP contribution in [-0.2, 0) is 6.54 Å². The molecule has 5 heteroatoms. The van der Waals surface area contributed by atoms with E-state index >= 15 is 0 Å². The second-order valence-electron chi connectivity index (χ2n) is 6.97. The van der Waals surface area contributed by atoms with E-state index in [4.69, 9.17) is 5.73 Å². The third kappa shape index (κ3) is 4.15. The van der Waals surface area contributed by atoms with E-state index in [1.807, 2.05) is 66.7 Å². The van der Waals surface area contributed by atoms with Crippen molar-refractivity contribution in [2.24, 2.45) is 0 Å². The number of carbonyl (C=O) groups excluding carboxylic acids is 1. The molecule has 148 valence electrons. The highest BCUT2D eigenvalue weighted by Crippen LogP contribution is 2.22. The lowest BCUT2D eigenvalue weighted by Crippen LogP contribution is -2.23. The number of nitrogens with one attached hydrogen (secondary N) is 2. The van der Waals surface area contributed by atoms with Crippen molar-refractivity contribution in [3.8, 4) is 0 Å². The maximum atomic E-state index is 12.7. The summed E-state index contributed by atoms with van der Waals surface area (Å²) in [5, 5.41) is 8.21. The van der Waals surface area contributed by atoms with Gasteiger partial charge in [0.15, 0.2) is 0 Å². The molecule has 0 atom stereocenters. The fraction of sp³-hybridized carbons (Fsp3) is 0.0400. The summed E-state index contributed by atoms with van der Waals surface area (Å²) < 4.78 is 0. The lowest BCUT2D eigenvalue weighted by molar-refractivity contribution is 0.0952. The minimum Gasteiger partial charge on any atom is -0.396 e. The Morgan fingerprint density at radius 1 is 0.967 bits per heavy atom. The molecule has 0 aliphatic heterocycles. The summed E-state index contributed by atoms with van der Waals surface area (Å²) in [4.78, 5) is 16.7. The summed E-state index contributed by atoms with van der Waals surface area (Å²) in [5.41, 5.74) is 10.6. The van der Waals surface area contributed by atoms with Crippen molar-refractivity contribution in [1.82, 2.24) is 10.3 Å². The van der Waals surface area contributed by atoms with E-state index in [2.05, 4.69) is 22.2 Å². The molecular weight excluding hydrogens is 372 g/mol. The van der Waals surface area contributed by atoms with E-state index in [-0.39, 0.29) is 5.91 Å². The zero-order valence-corrected chi connectivity index (χ0v) is 16.4.